The van der Waals surface area contributed by atoms with Crippen LogP contribution in [0.5, 0.6) is 0 Å². The van der Waals surface area contributed by atoms with Crippen LogP contribution < -0.4 is 10.4 Å². The molecule has 136 valence electrons. The van der Waals surface area contributed by atoms with Crippen molar-refractivity contribution in [3.05, 3.63) is 69.1 Å². The summed E-state index contributed by atoms with van der Waals surface area (Å²) in [6.07, 6.45) is 0. The minimum Gasteiger partial charge on any atom is -0.305 e. The average Bonchev–Trinajstić information content (AvgIpc) is 2.85. The molecule has 2 aromatic carbocycles. The molecule has 0 saturated carbocycles. The van der Waals surface area contributed by atoms with E-state index in [0.717, 1.165) is 11.1 Å². The van der Waals surface area contributed by atoms with Crippen LogP contribution in [0.4, 0.5) is 0 Å². The number of amides is 1. The third kappa shape index (κ3) is 3.28. The van der Waals surface area contributed by atoms with Crippen LogP contribution in [0.25, 0.3) is 11.0 Å². The van der Waals surface area contributed by atoms with E-state index in [0.29, 0.717) is 16.6 Å². The van der Waals surface area contributed by atoms with Gasteiger partial charge >= 0.3 is 5.69 Å². The van der Waals surface area contributed by atoms with E-state index in [2.05, 4.69) is 9.71 Å². The Morgan fingerprint density at radius 1 is 1.12 bits per heavy atom. The summed E-state index contributed by atoms with van der Waals surface area (Å²) in [6, 6.07) is 10.3. The third-order valence-corrected chi connectivity index (χ3v) is 5.58. The van der Waals surface area contributed by atoms with Gasteiger partial charge in [-0.15, -0.1) is 0 Å². The number of nitrogens with one attached hydrogen (secondary N) is 2. The lowest BCUT2D eigenvalue weighted by molar-refractivity contribution is 0.0983. The molecule has 0 spiro atoms. The van der Waals surface area contributed by atoms with Crippen LogP contribution in [0, 0.1) is 13.8 Å². The molecule has 3 aromatic rings. The summed E-state index contributed by atoms with van der Waals surface area (Å²) in [7, 11) is -2.33. The lowest BCUT2D eigenvalue weighted by atomic mass is 10.1. The van der Waals surface area contributed by atoms with Gasteiger partial charge in [-0.2, -0.15) is 0 Å². The Morgan fingerprint density at radius 2 is 1.73 bits per heavy atom. The van der Waals surface area contributed by atoms with E-state index in [9.17, 15) is 18.0 Å². The Hall–Kier alpha value is -2.87. The highest BCUT2D eigenvalue weighted by molar-refractivity contribution is 7.89. The number of hydrogen-bond donors (Lipinski definition) is 2. The molecule has 0 bridgehead atoms. The predicted molar refractivity (Wildman–Crippen MR) is 99.5 cm³/mol. The summed E-state index contributed by atoms with van der Waals surface area (Å²) in [5, 5.41) is 0. The molecule has 0 unspecified atom stereocenters. The largest absolute Gasteiger partial charge is 0.326 e. The molecular formula is C18H19N3O4S. The first-order chi connectivity index (χ1) is 12.2. The Labute approximate surface area is 150 Å². The smallest absolute Gasteiger partial charge is 0.305 e. The second-order valence-electron chi connectivity index (χ2n) is 6.25. The van der Waals surface area contributed by atoms with Gasteiger partial charge in [0.05, 0.1) is 22.3 Å². The van der Waals surface area contributed by atoms with E-state index in [4.69, 9.17) is 0 Å². The summed E-state index contributed by atoms with van der Waals surface area (Å²) < 4.78 is 28.4. The van der Waals surface area contributed by atoms with Crippen molar-refractivity contribution in [1.29, 1.82) is 0 Å². The number of H-pyrrole nitrogens is 1. The number of nitrogens with zero attached hydrogens (tertiary/aromatic N) is 1. The van der Waals surface area contributed by atoms with Crippen LogP contribution >= 0.6 is 0 Å². The number of hydrogen-bond acceptors (Lipinski definition) is 4. The van der Waals surface area contributed by atoms with Gasteiger partial charge in [0.1, 0.15) is 0 Å². The number of aromatic nitrogens is 2. The van der Waals surface area contributed by atoms with E-state index in [-0.39, 0.29) is 17.0 Å². The normalized spacial score (nSPS) is 11.7. The zero-order chi connectivity index (χ0) is 19.1. The lowest BCUT2D eigenvalue weighted by Crippen LogP contribution is -2.32. The van der Waals surface area contributed by atoms with Crippen LogP contribution in [-0.2, 0) is 22.8 Å². The summed E-state index contributed by atoms with van der Waals surface area (Å²) in [5.74, 6) is -1.07. The highest BCUT2D eigenvalue weighted by Gasteiger charge is 2.21. The highest BCUT2D eigenvalue weighted by atomic mass is 32.2. The molecule has 0 saturated heterocycles. The Bertz CT molecular complexity index is 1150. The second-order valence-corrected chi connectivity index (χ2v) is 7.97. The molecule has 0 aliphatic heterocycles. The topological polar surface area (TPSA) is 101 Å². The van der Waals surface area contributed by atoms with Crippen molar-refractivity contribution < 1.29 is 13.2 Å². The SMILES string of the molecule is Cc1cccc(C)c1CS(=O)(=O)NC(=O)c1cccc2c1[nH]c(=O)n2C. The maximum atomic E-state index is 12.5. The molecule has 2 N–H and O–H groups in total. The van der Waals surface area contributed by atoms with Gasteiger partial charge in [-0.1, -0.05) is 24.3 Å². The van der Waals surface area contributed by atoms with Crippen LogP contribution in [0.15, 0.2) is 41.2 Å². The second kappa shape index (κ2) is 6.45. The van der Waals surface area contributed by atoms with E-state index >= 15 is 0 Å². The summed E-state index contributed by atoms with van der Waals surface area (Å²) in [5.41, 5.74) is 2.91. The standard InChI is InChI=1S/C18H19N3O4S/c1-11-6-4-7-12(2)14(11)10-26(24,25)20-17(22)13-8-5-9-15-16(13)19-18(23)21(15)3/h4-9H,10H2,1-3H3,(H,19,23)(H,20,22). The fraction of sp³-hybridized carbons (Fsp3) is 0.222. The van der Waals surface area contributed by atoms with E-state index in [1.165, 1.54) is 10.6 Å². The Kier molecular flexibility index (Phi) is 4.45. The third-order valence-electron chi connectivity index (χ3n) is 4.41. The van der Waals surface area contributed by atoms with E-state index in [1.54, 1.807) is 19.2 Å². The molecule has 1 heterocycles. The molecule has 8 heteroatoms. The number of fused-ring (bicyclic) bond motifs is 1. The molecule has 0 aliphatic carbocycles. The molecule has 7 nitrogen and oxygen atoms in total. The van der Waals surface area contributed by atoms with Crippen molar-refractivity contribution in [2.75, 3.05) is 0 Å². The molecule has 0 fully saturated rings. The molecule has 1 aromatic heterocycles. The number of imidazole rings is 1. The van der Waals surface area contributed by atoms with Crippen molar-refractivity contribution in [2.24, 2.45) is 7.05 Å². The van der Waals surface area contributed by atoms with Gasteiger partial charge in [0, 0.05) is 7.05 Å². The van der Waals surface area contributed by atoms with Crippen molar-refractivity contribution >= 4 is 27.0 Å². The Balaban J connectivity index is 1.93. The van der Waals surface area contributed by atoms with Crippen LogP contribution in [0.3, 0.4) is 0 Å². The zero-order valence-electron chi connectivity index (χ0n) is 14.7. The van der Waals surface area contributed by atoms with Gasteiger partial charge in [-0.05, 0) is 42.7 Å². The minimum atomic E-state index is -3.90. The van der Waals surface area contributed by atoms with Crippen molar-refractivity contribution in [1.82, 2.24) is 14.3 Å². The monoisotopic (exact) mass is 373 g/mol. The first kappa shape index (κ1) is 17.9. The number of carbonyl (C=O) groups excluding carboxylic acids is 1. The molecule has 0 radical (unpaired) electrons. The number of para-hydroxylation sites is 1. The van der Waals surface area contributed by atoms with Crippen molar-refractivity contribution in [3.8, 4) is 0 Å². The predicted octanol–water partition coefficient (Wildman–Crippen LogP) is 1.74. The maximum Gasteiger partial charge on any atom is 0.326 e. The first-order valence-corrected chi connectivity index (χ1v) is 9.62. The molecular weight excluding hydrogens is 354 g/mol. The van der Waals surface area contributed by atoms with Crippen molar-refractivity contribution in [2.45, 2.75) is 19.6 Å². The van der Waals surface area contributed by atoms with Gasteiger partial charge in [-0.3, -0.25) is 9.36 Å². The van der Waals surface area contributed by atoms with E-state index in [1.807, 2.05) is 32.0 Å². The molecule has 0 aliphatic rings. The number of benzene rings is 2. The fourth-order valence-electron chi connectivity index (χ4n) is 2.94. The number of rotatable bonds is 4. The minimum absolute atomic E-state index is 0.102. The van der Waals surface area contributed by atoms with E-state index < -0.39 is 15.9 Å². The molecule has 3 rings (SSSR count). The molecule has 0 atom stereocenters. The number of aryl methyl sites for hydroxylation is 3. The van der Waals surface area contributed by atoms with Crippen molar-refractivity contribution in [3.63, 3.8) is 0 Å². The summed E-state index contributed by atoms with van der Waals surface area (Å²) >= 11 is 0. The van der Waals surface area contributed by atoms with Gasteiger partial charge in [0.15, 0.2) is 0 Å². The quantitative estimate of drug-likeness (QED) is 0.727. The van der Waals surface area contributed by atoms with Gasteiger partial charge < -0.3 is 4.98 Å². The summed E-state index contributed by atoms with van der Waals surface area (Å²) in [4.78, 5) is 26.9. The number of sulfonamides is 1. The molecule has 26 heavy (non-hydrogen) atoms. The van der Waals surface area contributed by atoms with Gasteiger partial charge in [-0.25, -0.2) is 17.9 Å². The lowest BCUT2D eigenvalue weighted by Gasteiger charge is -2.11. The zero-order valence-corrected chi connectivity index (χ0v) is 15.5. The van der Waals surface area contributed by atoms with Gasteiger partial charge in [0.2, 0.25) is 10.0 Å². The number of aromatic amines is 1. The Morgan fingerprint density at radius 3 is 2.38 bits per heavy atom. The average molecular weight is 373 g/mol. The molecule has 1 amide bonds. The number of carbonyl (C=O) groups is 1. The van der Waals surface area contributed by atoms with Crippen LogP contribution in [0.1, 0.15) is 27.0 Å². The first-order valence-electron chi connectivity index (χ1n) is 7.97. The highest BCUT2D eigenvalue weighted by Crippen LogP contribution is 2.18. The van der Waals surface area contributed by atoms with Gasteiger partial charge in [0.25, 0.3) is 5.91 Å². The van der Waals surface area contributed by atoms with Crippen LogP contribution in [-0.4, -0.2) is 23.9 Å². The fourth-order valence-corrected chi connectivity index (χ4v) is 4.24. The maximum absolute atomic E-state index is 12.5. The summed E-state index contributed by atoms with van der Waals surface area (Å²) in [6.45, 7) is 3.66. The van der Waals surface area contributed by atoms with Crippen LogP contribution in [0.2, 0.25) is 0 Å².